The Morgan fingerprint density at radius 2 is 1.38 bits per heavy atom. The molecular formula is C10H20N2O. The van der Waals surface area contributed by atoms with E-state index in [9.17, 15) is 4.79 Å². The summed E-state index contributed by atoms with van der Waals surface area (Å²) in [5, 5.41) is 3.59. The predicted octanol–water partition coefficient (Wildman–Crippen LogP) is 1.96. The maximum Gasteiger partial charge on any atom is 0.184 e. The van der Waals surface area contributed by atoms with Gasteiger partial charge >= 0.3 is 0 Å². The minimum absolute atomic E-state index is 0.0162. The minimum Gasteiger partial charge on any atom is -0.323 e. The highest BCUT2D eigenvalue weighted by atomic mass is 16.1. The molecule has 0 saturated carbocycles. The molecule has 13 heavy (non-hydrogen) atoms. The van der Waals surface area contributed by atoms with Crippen LogP contribution in [0.15, 0.2) is 5.10 Å². The zero-order valence-corrected chi connectivity index (χ0v) is 9.43. The highest BCUT2D eigenvalue weighted by Crippen LogP contribution is 2.24. The van der Waals surface area contributed by atoms with Crippen LogP contribution in [0.2, 0.25) is 0 Å². The fourth-order valence-corrected chi connectivity index (χ4v) is 0.948. The van der Waals surface area contributed by atoms with Gasteiger partial charge in [0.2, 0.25) is 0 Å². The molecule has 0 radical (unpaired) electrons. The molecule has 0 heterocycles. The molecule has 76 valence electrons. The van der Waals surface area contributed by atoms with E-state index >= 15 is 0 Å². The van der Waals surface area contributed by atoms with E-state index in [4.69, 9.17) is 5.84 Å². The molecule has 2 N–H and O–H groups in total. The van der Waals surface area contributed by atoms with Crippen molar-refractivity contribution in [2.45, 2.75) is 41.5 Å². The highest BCUT2D eigenvalue weighted by molar-refractivity contribution is 6.43. The first-order valence-electron chi connectivity index (χ1n) is 4.44. The average molecular weight is 184 g/mol. The van der Waals surface area contributed by atoms with E-state index in [0.29, 0.717) is 5.71 Å². The van der Waals surface area contributed by atoms with Gasteiger partial charge in [-0.2, -0.15) is 5.10 Å². The Balaban J connectivity index is 4.97. The number of carbonyl (C=O) groups is 1. The summed E-state index contributed by atoms with van der Waals surface area (Å²) < 4.78 is 0. The lowest BCUT2D eigenvalue weighted by Gasteiger charge is -2.25. The second-order valence-electron chi connectivity index (χ2n) is 5.31. The molecule has 0 aromatic rings. The lowest BCUT2D eigenvalue weighted by molar-refractivity contribution is -0.120. The summed E-state index contributed by atoms with van der Waals surface area (Å²) in [6.07, 6.45) is 0. The van der Waals surface area contributed by atoms with Gasteiger partial charge in [0.25, 0.3) is 0 Å². The van der Waals surface area contributed by atoms with E-state index in [2.05, 4.69) is 5.10 Å². The third-order valence-electron chi connectivity index (χ3n) is 1.74. The van der Waals surface area contributed by atoms with Gasteiger partial charge in [0.05, 0.1) is 0 Å². The third kappa shape index (κ3) is 3.17. The van der Waals surface area contributed by atoms with Gasteiger partial charge in [-0.05, 0) is 0 Å². The van der Waals surface area contributed by atoms with Crippen LogP contribution < -0.4 is 5.84 Å². The first kappa shape index (κ1) is 12.1. The molecule has 3 heteroatoms. The van der Waals surface area contributed by atoms with Crippen molar-refractivity contribution >= 4 is 11.5 Å². The number of hydrazone groups is 1. The average Bonchev–Trinajstić information content (AvgIpc) is 1.83. The van der Waals surface area contributed by atoms with Crippen molar-refractivity contribution in [1.82, 2.24) is 0 Å². The second-order valence-corrected chi connectivity index (χ2v) is 5.31. The summed E-state index contributed by atoms with van der Waals surface area (Å²) in [6, 6.07) is 0. The van der Waals surface area contributed by atoms with Gasteiger partial charge in [-0.3, -0.25) is 4.79 Å². The van der Waals surface area contributed by atoms with Crippen LogP contribution in [0, 0.1) is 10.8 Å². The first-order valence-corrected chi connectivity index (χ1v) is 4.44. The van der Waals surface area contributed by atoms with E-state index in [1.807, 2.05) is 41.5 Å². The van der Waals surface area contributed by atoms with Crippen molar-refractivity contribution in [2.75, 3.05) is 0 Å². The molecule has 0 spiro atoms. The van der Waals surface area contributed by atoms with E-state index in [0.717, 1.165) is 0 Å². The summed E-state index contributed by atoms with van der Waals surface area (Å²) >= 11 is 0. The number of nitrogens with zero attached hydrogens (tertiary/aromatic N) is 1. The molecule has 0 rings (SSSR count). The van der Waals surface area contributed by atoms with Crippen molar-refractivity contribution in [2.24, 2.45) is 21.8 Å². The van der Waals surface area contributed by atoms with Crippen LogP contribution in [0.1, 0.15) is 41.5 Å². The molecule has 0 saturated heterocycles. The molecule has 0 fully saturated rings. The van der Waals surface area contributed by atoms with Crippen LogP contribution in [0.5, 0.6) is 0 Å². The fraction of sp³-hybridized carbons (Fsp3) is 0.800. The summed E-state index contributed by atoms with van der Waals surface area (Å²) in [6.45, 7) is 11.4. The molecule has 0 unspecified atom stereocenters. The summed E-state index contributed by atoms with van der Waals surface area (Å²) in [4.78, 5) is 11.8. The van der Waals surface area contributed by atoms with Crippen molar-refractivity contribution in [3.8, 4) is 0 Å². The molecule has 0 aromatic heterocycles. The maximum absolute atomic E-state index is 11.8. The molecule has 0 aliphatic heterocycles. The van der Waals surface area contributed by atoms with Gasteiger partial charge < -0.3 is 5.84 Å². The van der Waals surface area contributed by atoms with Gasteiger partial charge in [0, 0.05) is 10.8 Å². The number of nitrogens with two attached hydrogens (primary N) is 1. The van der Waals surface area contributed by atoms with E-state index in [1.54, 1.807) is 0 Å². The van der Waals surface area contributed by atoms with Gasteiger partial charge in [0.15, 0.2) is 5.78 Å². The SMILES string of the molecule is CC(C)(C)C(=O)C(=NN)C(C)(C)C. The normalized spacial score (nSPS) is 14.5. The van der Waals surface area contributed by atoms with Crippen molar-refractivity contribution in [3.63, 3.8) is 0 Å². The van der Waals surface area contributed by atoms with Gasteiger partial charge in [-0.1, -0.05) is 41.5 Å². The van der Waals surface area contributed by atoms with Crippen LogP contribution in [0.4, 0.5) is 0 Å². The summed E-state index contributed by atoms with van der Waals surface area (Å²) in [5.41, 5.74) is -0.232. The lowest BCUT2D eigenvalue weighted by atomic mass is 9.78. The van der Waals surface area contributed by atoms with Crippen LogP contribution in [0.3, 0.4) is 0 Å². The first-order chi connectivity index (χ1) is 5.60. The Morgan fingerprint density at radius 3 is 1.46 bits per heavy atom. The van der Waals surface area contributed by atoms with E-state index in [-0.39, 0.29) is 11.2 Å². The number of ketones is 1. The van der Waals surface area contributed by atoms with E-state index in [1.165, 1.54) is 0 Å². The molecule has 0 aliphatic carbocycles. The molecule has 0 aliphatic rings. The Kier molecular flexibility index (Phi) is 3.25. The predicted molar refractivity (Wildman–Crippen MR) is 55.5 cm³/mol. The molecule has 0 amide bonds. The van der Waals surface area contributed by atoms with E-state index < -0.39 is 5.41 Å². The lowest BCUT2D eigenvalue weighted by Crippen LogP contribution is -2.37. The Hall–Kier alpha value is -0.860. The molecule has 3 nitrogen and oxygen atoms in total. The van der Waals surface area contributed by atoms with Crippen molar-refractivity contribution < 1.29 is 4.79 Å². The van der Waals surface area contributed by atoms with Crippen LogP contribution >= 0.6 is 0 Å². The Morgan fingerprint density at radius 1 is 1.00 bits per heavy atom. The maximum atomic E-state index is 11.8. The quantitative estimate of drug-likeness (QED) is 0.385. The Bertz CT molecular complexity index is 228. The topological polar surface area (TPSA) is 55.5 Å². The van der Waals surface area contributed by atoms with Crippen molar-refractivity contribution in [1.29, 1.82) is 0 Å². The number of Topliss-reactive ketones (excluding diaryl/α,β-unsaturated/α-hetero) is 1. The zero-order valence-electron chi connectivity index (χ0n) is 9.43. The summed E-state index contributed by atoms with van der Waals surface area (Å²) in [7, 11) is 0. The largest absolute Gasteiger partial charge is 0.323 e. The molecule has 0 atom stereocenters. The van der Waals surface area contributed by atoms with Crippen molar-refractivity contribution in [3.05, 3.63) is 0 Å². The fourth-order valence-electron chi connectivity index (χ4n) is 0.948. The second kappa shape index (κ2) is 3.48. The summed E-state index contributed by atoms with van der Waals surface area (Å²) in [5.74, 6) is 5.24. The Labute approximate surface area is 80.4 Å². The smallest absolute Gasteiger partial charge is 0.184 e. The number of carbonyl (C=O) groups excluding carboxylic acids is 1. The zero-order chi connectivity index (χ0) is 10.9. The molecular weight excluding hydrogens is 164 g/mol. The van der Waals surface area contributed by atoms with Gasteiger partial charge in [-0.25, -0.2) is 0 Å². The highest BCUT2D eigenvalue weighted by Gasteiger charge is 2.33. The number of rotatable bonds is 1. The molecule has 0 aromatic carbocycles. The number of hydrogen-bond acceptors (Lipinski definition) is 3. The third-order valence-corrected chi connectivity index (χ3v) is 1.74. The standard InChI is InChI=1S/C10H20N2O/c1-9(2,3)7(12-11)8(13)10(4,5)6/h11H2,1-6H3. The van der Waals surface area contributed by atoms with Gasteiger partial charge in [0.1, 0.15) is 5.71 Å². The number of hydrogen-bond donors (Lipinski definition) is 1. The monoisotopic (exact) mass is 184 g/mol. The minimum atomic E-state index is -0.411. The van der Waals surface area contributed by atoms with Crippen LogP contribution in [0.25, 0.3) is 0 Å². The molecule has 0 bridgehead atoms. The van der Waals surface area contributed by atoms with Crippen LogP contribution in [-0.2, 0) is 4.79 Å². The van der Waals surface area contributed by atoms with Gasteiger partial charge in [-0.15, -0.1) is 0 Å². The van der Waals surface area contributed by atoms with Crippen LogP contribution in [-0.4, -0.2) is 11.5 Å².